The first kappa shape index (κ1) is 26.9. The molecule has 1 fully saturated rings. The summed E-state index contributed by atoms with van der Waals surface area (Å²) >= 11 is 0. The van der Waals surface area contributed by atoms with Crippen molar-refractivity contribution in [1.29, 1.82) is 5.26 Å². The minimum Gasteiger partial charge on any atom is -0.444 e. The van der Waals surface area contributed by atoms with Crippen LogP contribution in [0.25, 0.3) is 5.57 Å². The van der Waals surface area contributed by atoms with Crippen molar-refractivity contribution >= 4 is 34.9 Å². The molecule has 0 aliphatic carbocycles. The van der Waals surface area contributed by atoms with Gasteiger partial charge >= 0.3 is 6.09 Å². The van der Waals surface area contributed by atoms with Crippen molar-refractivity contribution in [1.82, 2.24) is 14.9 Å². The summed E-state index contributed by atoms with van der Waals surface area (Å²) in [5.41, 5.74) is 2.97. The van der Waals surface area contributed by atoms with Gasteiger partial charge in [-0.15, -0.1) is 0 Å². The molecule has 2 aromatic rings. The summed E-state index contributed by atoms with van der Waals surface area (Å²) in [5.74, 6) is 0.777. The maximum Gasteiger partial charge on any atom is 0.410 e. The predicted molar refractivity (Wildman–Crippen MR) is 146 cm³/mol. The van der Waals surface area contributed by atoms with Crippen LogP contribution in [0.2, 0.25) is 0 Å². The lowest BCUT2D eigenvalue weighted by Gasteiger charge is -2.33. The Morgan fingerprint density at radius 3 is 2.61 bits per heavy atom. The summed E-state index contributed by atoms with van der Waals surface area (Å²) in [5, 5.41) is 16.3. The van der Waals surface area contributed by atoms with Gasteiger partial charge in [0.25, 0.3) is 0 Å². The molecular weight excluding hydrogens is 482 g/mol. The first-order valence-corrected chi connectivity index (χ1v) is 13.0. The SMILES string of the molecule is CCN1C(=C(C#N)c2nc(NC(=O)CC3CCN(C(=O)OC(C)(C)C)CC3)ncc2C)Nc2ccccc21. The Bertz CT molecular complexity index is 1280. The number of carbonyl (C=O) groups excluding carboxylic acids is 2. The number of fused-ring (bicyclic) bond motifs is 1. The quantitative estimate of drug-likeness (QED) is 0.537. The molecule has 2 aliphatic heterocycles. The average molecular weight is 518 g/mol. The summed E-state index contributed by atoms with van der Waals surface area (Å²) < 4.78 is 5.45. The number of allylic oxidation sites excluding steroid dienone is 1. The van der Waals surface area contributed by atoms with E-state index in [4.69, 9.17) is 4.74 Å². The molecule has 0 radical (unpaired) electrons. The lowest BCUT2D eigenvalue weighted by atomic mass is 9.93. The molecule has 10 nitrogen and oxygen atoms in total. The number of benzene rings is 1. The highest BCUT2D eigenvalue weighted by atomic mass is 16.6. The van der Waals surface area contributed by atoms with Crippen molar-refractivity contribution in [3.63, 3.8) is 0 Å². The zero-order valence-electron chi connectivity index (χ0n) is 22.7. The van der Waals surface area contributed by atoms with E-state index < -0.39 is 5.60 Å². The number of para-hydroxylation sites is 2. The molecule has 200 valence electrons. The fraction of sp³-hybridized carbons (Fsp3) is 0.464. The number of nitrogens with one attached hydrogen (secondary N) is 2. The predicted octanol–water partition coefficient (Wildman–Crippen LogP) is 4.90. The normalized spacial score (nSPS) is 16.8. The Kier molecular flexibility index (Phi) is 7.86. The fourth-order valence-electron chi connectivity index (χ4n) is 4.71. The third kappa shape index (κ3) is 6.05. The zero-order chi connectivity index (χ0) is 27.4. The van der Waals surface area contributed by atoms with E-state index in [1.165, 1.54) is 0 Å². The number of carbonyl (C=O) groups is 2. The highest BCUT2D eigenvalue weighted by Crippen LogP contribution is 2.38. The highest BCUT2D eigenvalue weighted by Gasteiger charge is 2.29. The Labute approximate surface area is 223 Å². The van der Waals surface area contributed by atoms with Gasteiger partial charge in [0.2, 0.25) is 11.9 Å². The van der Waals surface area contributed by atoms with Gasteiger partial charge in [-0.2, -0.15) is 5.26 Å². The number of ether oxygens (including phenoxy) is 1. The second-order valence-electron chi connectivity index (χ2n) is 10.6. The van der Waals surface area contributed by atoms with Crippen LogP contribution in [-0.4, -0.2) is 52.1 Å². The monoisotopic (exact) mass is 517 g/mol. The van der Waals surface area contributed by atoms with Crippen LogP contribution >= 0.6 is 0 Å². The second kappa shape index (κ2) is 11.1. The standard InChI is InChI=1S/C28H35N7O3/c1-6-35-22-10-8-7-9-21(22)31-25(35)20(16-29)24-18(2)17-30-26(33-24)32-23(36)15-19-11-13-34(14-12-19)27(37)38-28(3,4)5/h7-10,17,19,31H,6,11-15H2,1-5H3,(H,30,32,33,36). The number of aromatic nitrogens is 2. The number of hydrogen-bond acceptors (Lipinski definition) is 8. The fourth-order valence-corrected chi connectivity index (χ4v) is 4.71. The van der Waals surface area contributed by atoms with Crippen molar-refractivity contribution in [3.05, 3.63) is 47.5 Å². The van der Waals surface area contributed by atoms with Gasteiger partial charge in [-0.1, -0.05) is 12.1 Å². The van der Waals surface area contributed by atoms with E-state index in [1.54, 1.807) is 11.1 Å². The van der Waals surface area contributed by atoms with Gasteiger partial charge in [-0.05, 0) is 71.1 Å². The Hall–Kier alpha value is -4.13. The first-order valence-electron chi connectivity index (χ1n) is 13.0. The first-order chi connectivity index (χ1) is 18.1. The summed E-state index contributed by atoms with van der Waals surface area (Å²) in [6.45, 7) is 11.2. The van der Waals surface area contributed by atoms with E-state index in [1.807, 2.05) is 63.8 Å². The number of likely N-dealkylation sites (tertiary alicyclic amines) is 1. The van der Waals surface area contributed by atoms with Crippen molar-refractivity contribution < 1.29 is 14.3 Å². The molecule has 2 N–H and O–H groups in total. The largest absolute Gasteiger partial charge is 0.444 e. The van der Waals surface area contributed by atoms with Crippen LogP contribution in [0, 0.1) is 24.2 Å². The number of rotatable bonds is 5. The van der Waals surface area contributed by atoms with Crippen LogP contribution < -0.4 is 15.5 Å². The minimum atomic E-state index is -0.533. The van der Waals surface area contributed by atoms with Gasteiger partial charge in [-0.25, -0.2) is 14.8 Å². The molecule has 3 heterocycles. The molecule has 4 rings (SSSR count). The maximum atomic E-state index is 12.8. The van der Waals surface area contributed by atoms with Crippen molar-refractivity contribution in [2.45, 2.75) is 59.5 Å². The molecule has 0 saturated carbocycles. The molecule has 1 saturated heterocycles. The van der Waals surface area contributed by atoms with Crippen LogP contribution in [0.4, 0.5) is 22.1 Å². The number of anilines is 3. The molecule has 0 unspecified atom stereocenters. The summed E-state index contributed by atoms with van der Waals surface area (Å²) in [7, 11) is 0. The van der Waals surface area contributed by atoms with Crippen molar-refractivity contribution in [2.24, 2.45) is 5.92 Å². The van der Waals surface area contributed by atoms with Gasteiger partial charge in [0.1, 0.15) is 23.1 Å². The number of amides is 2. The van der Waals surface area contributed by atoms with E-state index in [0.717, 1.165) is 29.8 Å². The van der Waals surface area contributed by atoms with Crippen LogP contribution in [0.5, 0.6) is 0 Å². The molecule has 2 aliphatic rings. The third-order valence-corrected chi connectivity index (χ3v) is 6.58. The van der Waals surface area contributed by atoms with Gasteiger partial charge in [0, 0.05) is 32.3 Å². The smallest absolute Gasteiger partial charge is 0.410 e. The third-order valence-electron chi connectivity index (χ3n) is 6.58. The lowest BCUT2D eigenvalue weighted by Crippen LogP contribution is -2.42. The maximum absolute atomic E-state index is 12.8. The van der Waals surface area contributed by atoms with Crippen LogP contribution in [0.1, 0.15) is 58.2 Å². The average Bonchev–Trinajstić information content (AvgIpc) is 3.24. The van der Waals surface area contributed by atoms with Gasteiger partial charge in [0.05, 0.1) is 17.1 Å². The van der Waals surface area contributed by atoms with Gasteiger partial charge in [-0.3, -0.25) is 10.1 Å². The topological polar surface area (TPSA) is 123 Å². The van der Waals surface area contributed by atoms with E-state index in [2.05, 4.69) is 26.7 Å². The molecule has 1 aromatic heterocycles. The highest BCUT2D eigenvalue weighted by molar-refractivity contribution is 5.92. The Balaban J connectivity index is 1.43. The number of aryl methyl sites for hydroxylation is 1. The molecule has 1 aromatic carbocycles. The lowest BCUT2D eigenvalue weighted by molar-refractivity contribution is -0.117. The molecule has 10 heteroatoms. The van der Waals surface area contributed by atoms with Crippen LogP contribution in [0.15, 0.2) is 36.3 Å². The van der Waals surface area contributed by atoms with Crippen molar-refractivity contribution in [3.8, 4) is 6.07 Å². The number of piperidine rings is 1. The molecule has 0 spiro atoms. The van der Waals surface area contributed by atoms with E-state index in [0.29, 0.717) is 43.1 Å². The number of nitrogens with zero attached hydrogens (tertiary/aromatic N) is 5. The van der Waals surface area contributed by atoms with Gasteiger partial charge < -0.3 is 19.9 Å². The summed E-state index contributed by atoms with van der Waals surface area (Å²) in [6, 6.07) is 10.2. The molecule has 38 heavy (non-hydrogen) atoms. The minimum absolute atomic E-state index is 0.148. The summed E-state index contributed by atoms with van der Waals surface area (Å²) in [6.07, 6.45) is 3.05. The zero-order valence-corrected chi connectivity index (χ0v) is 22.7. The van der Waals surface area contributed by atoms with E-state index >= 15 is 0 Å². The number of nitriles is 1. The Morgan fingerprint density at radius 1 is 1.24 bits per heavy atom. The van der Waals surface area contributed by atoms with Crippen molar-refractivity contribution in [2.75, 3.05) is 35.2 Å². The second-order valence-corrected chi connectivity index (χ2v) is 10.6. The molecular formula is C28H35N7O3. The molecule has 0 bridgehead atoms. The Morgan fingerprint density at radius 2 is 1.95 bits per heavy atom. The summed E-state index contributed by atoms with van der Waals surface area (Å²) in [4.78, 5) is 37.7. The molecule has 2 amide bonds. The molecule has 0 atom stereocenters. The van der Waals surface area contributed by atoms with Crippen LogP contribution in [0.3, 0.4) is 0 Å². The van der Waals surface area contributed by atoms with Crippen LogP contribution in [-0.2, 0) is 9.53 Å². The van der Waals surface area contributed by atoms with Gasteiger partial charge in [0.15, 0.2) is 0 Å². The number of hydrogen-bond donors (Lipinski definition) is 2. The van der Waals surface area contributed by atoms with E-state index in [9.17, 15) is 14.9 Å². The van der Waals surface area contributed by atoms with E-state index in [-0.39, 0.29) is 23.9 Å².